The summed E-state index contributed by atoms with van der Waals surface area (Å²) < 4.78 is 30.0. The van der Waals surface area contributed by atoms with Crippen molar-refractivity contribution in [1.29, 1.82) is 0 Å². The van der Waals surface area contributed by atoms with Crippen LogP contribution < -0.4 is 4.74 Å². The standard InChI is InChI=1S/C23H25ClFNO5/c1-14(2)12-31-23(28)26-9-8-15-10-18(6-7-19(15)21(26)22(27)29-3)30-13-16-4-5-17(24)11-20(16)25/h4-7,10-11,14,21H,8-9,12-13H2,1-3H3. The molecule has 0 saturated carbocycles. The van der Waals surface area contributed by atoms with E-state index in [4.69, 9.17) is 25.8 Å². The van der Waals surface area contributed by atoms with Gasteiger partial charge in [-0.15, -0.1) is 0 Å². The number of hydrogen-bond acceptors (Lipinski definition) is 5. The third kappa shape index (κ3) is 5.47. The van der Waals surface area contributed by atoms with Crippen LogP contribution in [0.2, 0.25) is 5.02 Å². The SMILES string of the molecule is COC(=O)C1c2ccc(OCc3ccc(Cl)cc3F)cc2CCN1C(=O)OCC(C)C. The second kappa shape index (κ2) is 10.0. The van der Waals surface area contributed by atoms with Crippen molar-refractivity contribution < 1.29 is 28.2 Å². The maximum absolute atomic E-state index is 14.0. The molecule has 0 aromatic heterocycles. The summed E-state index contributed by atoms with van der Waals surface area (Å²) in [5.41, 5.74) is 1.90. The molecule has 1 amide bonds. The predicted octanol–water partition coefficient (Wildman–Crippen LogP) is 4.92. The van der Waals surface area contributed by atoms with Crippen LogP contribution in [0.4, 0.5) is 9.18 Å². The van der Waals surface area contributed by atoms with Crippen molar-refractivity contribution in [3.63, 3.8) is 0 Å². The number of rotatable bonds is 6. The van der Waals surface area contributed by atoms with Gasteiger partial charge < -0.3 is 14.2 Å². The lowest BCUT2D eigenvalue weighted by molar-refractivity contribution is -0.147. The fraction of sp³-hybridized carbons (Fsp3) is 0.391. The highest BCUT2D eigenvalue weighted by Gasteiger charge is 2.38. The van der Waals surface area contributed by atoms with Gasteiger partial charge in [0.25, 0.3) is 0 Å². The normalized spacial score (nSPS) is 15.4. The third-order valence-electron chi connectivity index (χ3n) is 4.95. The molecule has 8 heteroatoms. The van der Waals surface area contributed by atoms with E-state index in [2.05, 4.69) is 0 Å². The van der Waals surface area contributed by atoms with Gasteiger partial charge in [-0.05, 0) is 47.7 Å². The maximum Gasteiger partial charge on any atom is 0.410 e. The molecule has 0 fully saturated rings. The van der Waals surface area contributed by atoms with Gasteiger partial charge in [0, 0.05) is 17.1 Å². The number of halogens is 2. The van der Waals surface area contributed by atoms with E-state index in [9.17, 15) is 14.0 Å². The highest BCUT2D eigenvalue weighted by Crippen LogP contribution is 2.34. The zero-order valence-electron chi connectivity index (χ0n) is 17.7. The zero-order chi connectivity index (χ0) is 22.5. The molecule has 0 radical (unpaired) electrons. The Morgan fingerprint density at radius 3 is 2.68 bits per heavy atom. The first-order valence-corrected chi connectivity index (χ1v) is 10.4. The zero-order valence-corrected chi connectivity index (χ0v) is 18.4. The minimum atomic E-state index is -0.892. The van der Waals surface area contributed by atoms with Crippen LogP contribution in [0.1, 0.15) is 36.6 Å². The van der Waals surface area contributed by atoms with E-state index in [0.717, 1.165) is 5.56 Å². The van der Waals surface area contributed by atoms with Crippen molar-refractivity contribution in [3.05, 3.63) is 63.9 Å². The number of nitrogens with zero attached hydrogens (tertiary/aromatic N) is 1. The highest BCUT2D eigenvalue weighted by atomic mass is 35.5. The molecule has 0 spiro atoms. The average molecular weight is 450 g/mol. The minimum Gasteiger partial charge on any atom is -0.489 e. The number of carbonyl (C=O) groups is 2. The van der Waals surface area contributed by atoms with Gasteiger partial charge >= 0.3 is 12.1 Å². The molecule has 1 unspecified atom stereocenters. The summed E-state index contributed by atoms with van der Waals surface area (Å²) in [7, 11) is 1.28. The Morgan fingerprint density at radius 2 is 2.00 bits per heavy atom. The number of esters is 1. The fourth-order valence-electron chi connectivity index (χ4n) is 3.38. The lowest BCUT2D eigenvalue weighted by Gasteiger charge is -2.35. The van der Waals surface area contributed by atoms with Crippen molar-refractivity contribution in [2.45, 2.75) is 32.9 Å². The maximum atomic E-state index is 14.0. The van der Waals surface area contributed by atoms with E-state index in [1.54, 1.807) is 30.3 Å². The Balaban J connectivity index is 1.78. The van der Waals surface area contributed by atoms with E-state index in [1.807, 2.05) is 13.8 Å². The summed E-state index contributed by atoms with van der Waals surface area (Å²) in [6.45, 7) is 4.49. The Morgan fingerprint density at radius 1 is 1.23 bits per heavy atom. The van der Waals surface area contributed by atoms with Crippen LogP contribution in [0.3, 0.4) is 0 Å². The van der Waals surface area contributed by atoms with Crippen LogP contribution >= 0.6 is 11.6 Å². The number of fused-ring (bicyclic) bond motifs is 1. The van der Waals surface area contributed by atoms with Crippen LogP contribution in [0.5, 0.6) is 5.75 Å². The highest BCUT2D eigenvalue weighted by molar-refractivity contribution is 6.30. The smallest absolute Gasteiger partial charge is 0.410 e. The van der Waals surface area contributed by atoms with Crippen LogP contribution in [-0.4, -0.2) is 37.2 Å². The van der Waals surface area contributed by atoms with Crippen LogP contribution in [0.25, 0.3) is 0 Å². The second-order valence-electron chi connectivity index (χ2n) is 7.72. The Labute approximate surface area is 185 Å². The molecular formula is C23H25ClFNO5. The van der Waals surface area contributed by atoms with E-state index in [0.29, 0.717) is 34.9 Å². The lowest BCUT2D eigenvalue weighted by atomic mass is 9.92. The topological polar surface area (TPSA) is 65.1 Å². The number of ether oxygens (including phenoxy) is 3. The molecule has 3 rings (SSSR count). The Hall–Kier alpha value is -2.80. The molecule has 0 N–H and O–H groups in total. The summed E-state index contributed by atoms with van der Waals surface area (Å²) in [5, 5.41) is 0.320. The number of benzene rings is 2. The molecule has 0 aliphatic carbocycles. The molecule has 1 aliphatic rings. The molecule has 1 heterocycles. The number of amides is 1. The molecular weight excluding hydrogens is 425 g/mol. The first-order valence-electron chi connectivity index (χ1n) is 10.0. The van der Waals surface area contributed by atoms with Crippen LogP contribution in [-0.2, 0) is 27.3 Å². The average Bonchev–Trinajstić information content (AvgIpc) is 2.75. The van der Waals surface area contributed by atoms with Crippen LogP contribution in [0.15, 0.2) is 36.4 Å². The van der Waals surface area contributed by atoms with E-state index in [1.165, 1.54) is 18.1 Å². The molecule has 31 heavy (non-hydrogen) atoms. The van der Waals surface area contributed by atoms with Gasteiger partial charge in [-0.25, -0.2) is 14.0 Å². The van der Waals surface area contributed by atoms with E-state index >= 15 is 0 Å². The van der Waals surface area contributed by atoms with E-state index < -0.39 is 23.9 Å². The van der Waals surface area contributed by atoms with Gasteiger partial charge in [0.05, 0.1) is 13.7 Å². The van der Waals surface area contributed by atoms with Gasteiger partial charge in [0.15, 0.2) is 6.04 Å². The van der Waals surface area contributed by atoms with Crippen molar-refractivity contribution in [2.75, 3.05) is 20.3 Å². The van der Waals surface area contributed by atoms with Gasteiger partial charge in [0.2, 0.25) is 0 Å². The fourth-order valence-corrected chi connectivity index (χ4v) is 3.54. The molecule has 2 aromatic rings. The Kier molecular flexibility index (Phi) is 7.38. The molecule has 1 atom stereocenters. The summed E-state index contributed by atoms with van der Waals surface area (Å²) in [4.78, 5) is 26.4. The first kappa shape index (κ1) is 22.9. The first-order chi connectivity index (χ1) is 14.8. The quantitative estimate of drug-likeness (QED) is 0.585. The lowest BCUT2D eigenvalue weighted by Crippen LogP contribution is -2.44. The molecule has 0 saturated heterocycles. The largest absolute Gasteiger partial charge is 0.489 e. The molecule has 166 valence electrons. The second-order valence-corrected chi connectivity index (χ2v) is 8.16. The van der Waals surface area contributed by atoms with Gasteiger partial charge in [-0.2, -0.15) is 0 Å². The number of carbonyl (C=O) groups excluding carboxylic acids is 2. The molecule has 2 aromatic carbocycles. The van der Waals surface area contributed by atoms with Crippen molar-refractivity contribution in [2.24, 2.45) is 5.92 Å². The number of methoxy groups -OCH3 is 1. The third-order valence-corrected chi connectivity index (χ3v) is 5.19. The summed E-state index contributed by atoms with van der Waals surface area (Å²) in [6, 6.07) is 8.74. The molecule has 0 bridgehead atoms. The van der Waals surface area contributed by atoms with Crippen molar-refractivity contribution in [3.8, 4) is 5.75 Å². The van der Waals surface area contributed by atoms with Crippen molar-refractivity contribution in [1.82, 2.24) is 4.90 Å². The number of hydrogen-bond donors (Lipinski definition) is 0. The summed E-state index contributed by atoms with van der Waals surface area (Å²) in [5.74, 6) is -0.263. The summed E-state index contributed by atoms with van der Waals surface area (Å²) >= 11 is 5.78. The van der Waals surface area contributed by atoms with Gasteiger partial charge in [-0.3, -0.25) is 4.90 Å². The van der Waals surface area contributed by atoms with Gasteiger partial charge in [-0.1, -0.05) is 37.6 Å². The minimum absolute atomic E-state index is 0.0376. The molecule has 1 aliphatic heterocycles. The molecule has 6 nitrogen and oxygen atoms in total. The predicted molar refractivity (Wildman–Crippen MR) is 114 cm³/mol. The van der Waals surface area contributed by atoms with E-state index in [-0.39, 0.29) is 19.1 Å². The van der Waals surface area contributed by atoms with Gasteiger partial charge in [0.1, 0.15) is 18.2 Å². The van der Waals surface area contributed by atoms with Crippen LogP contribution in [0, 0.1) is 11.7 Å². The monoisotopic (exact) mass is 449 g/mol. The summed E-state index contributed by atoms with van der Waals surface area (Å²) in [6.07, 6.45) is -0.0279. The van der Waals surface area contributed by atoms with Crippen molar-refractivity contribution >= 4 is 23.7 Å². The Bertz CT molecular complexity index is 965.